The molecule has 0 saturated carbocycles. The zero-order chi connectivity index (χ0) is 10.7. The van der Waals surface area contributed by atoms with Crippen molar-refractivity contribution in [2.45, 2.75) is 18.9 Å². The molecule has 1 rings (SSSR count). The normalized spacial score (nSPS) is 20.6. The predicted octanol–water partition coefficient (Wildman–Crippen LogP) is -1.19. The number of hydrogen-bond donors (Lipinski definition) is 2. The monoisotopic (exact) mass is 200 g/mol. The van der Waals surface area contributed by atoms with E-state index >= 15 is 0 Å². The van der Waals surface area contributed by atoms with Crippen LogP contribution < -0.4 is 5.32 Å². The molecule has 1 heterocycles. The Balaban J connectivity index is 2.72. The average Bonchev–Trinajstić information content (AvgIpc) is 2.63. The van der Waals surface area contributed by atoms with Crippen molar-refractivity contribution in [2.75, 3.05) is 13.6 Å². The topological polar surface area (TPSA) is 86.7 Å². The fourth-order valence-corrected chi connectivity index (χ4v) is 1.50. The fraction of sp³-hybridized carbons (Fsp3) is 0.625. The molecule has 14 heavy (non-hydrogen) atoms. The first-order valence-electron chi connectivity index (χ1n) is 4.33. The summed E-state index contributed by atoms with van der Waals surface area (Å²) in [6.45, 7) is 0.337. The number of amides is 2. The molecule has 1 aliphatic rings. The highest BCUT2D eigenvalue weighted by Gasteiger charge is 2.36. The van der Waals surface area contributed by atoms with Gasteiger partial charge in [0.1, 0.15) is 6.04 Å². The molecule has 6 heteroatoms. The van der Waals surface area contributed by atoms with Gasteiger partial charge in [0.2, 0.25) is 0 Å². The molecule has 1 unspecified atom stereocenters. The maximum absolute atomic E-state index is 11.3. The lowest BCUT2D eigenvalue weighted by atomic mass is 10.2. The van der Waals surface area contributed by atoms with Crippen molar-refractivity contribution < 1.29 is 19.5 Å². The molecule has 2 amide bonds. The van der Waals surface area contributed by atoms with E-state index in [9.17, 15) is 14.4 Å². The summed E-state index contributed by atoms with van der Waals surface area (Å²) in [6.07, 6.45) is 1.04. The van der Waals surface area contributed by atoms with E-state index in [4.69, 9.17) is 5.11 Å². The molecule has 1 aliphatic heterocycles. The third-order valence-electron chi connectivity index (χ3n) is 2.22. The van der Waals surface area contributed by atoms with Gasteiger partial charge < -0.3 is 15.3 Å². The molecule has 6 nitrogen and oxygen atoms in total. The number of aliphatic carboxylic acids is 1. The Morgan fingerprint density at radius 2 is 2.07 bits per heavy atom. The molecule has 78 valence electrons. The molecule has 2 N–H and O–H groups in total. The molecule has 0 aromatic carbocycles. The number of carbonyl (C=O) groups excluding carboxylic acids is 2. The smallest absolute Gasteiger partial charge is 0.326 e. The van der Waals surface area contributed by atoms with Crippen molar-refractivity contribution in [1.82, 2.24) is 10.2 Å². The third-order valence-corrected chi connectivity index (χ3v) is 2.22. The van der Waals surface area contributed by atoms with E-state index in [1.165, 1.54) is 7.05 Å². The van der Waals surface area contributed by atoms with Gasteiger partial charge in [0, 0.05) is 13.6 Å². The average molecular weight is 200 g/mol. The van der Waals surface area contributed by atoms with E-state index in [1.54, 1.807) is 0 Å². The van der Waals surface area contributed by atoms with Crippen molar-refractivity contribution >= 4 is 17.8 Å². The molecule has 0 aromatic rings. The zero-order valence-electron chi connectivity index (χ0n) is 7.82. The summed E-state index contributed by atoms with van der Waals surface area (Å²) in [4.78, 5) is 34.1. The van der Waals surface area contributed by atoms with Gasteiger partial charge in [-0.2, -0.15) is 0 Å². The lowest BCUT2D eigenvalue weighted by Gasteiger charge is -2.19. The Hall–Kier alpha value is -1.59. The van der Waals surface area contributed by atoms with Crippen LogP contribution >= 0.6 is 0 Å². The number of carboxylic acid groups (broad SMARTS) is 1. The van der Waals surface area contributed by atoms with E-state index in [1.807, 2.05) is 0 Å². The Labute approximate surface area is 80.9 Å². The van der Waals surface area contributed by atoms with E-state index in [2.05, 4.69) is 5.32 Å². The molecule has 1 atom stereocenters. The van der Waals surface area contributed by atoms with Gasteiger partial charge in [-0.25, -0.2) is 4.79 Å². The van der Waals surface area contributed by atoms with E-state index in [-0.39, 0.29) is 0 Å². The number of nitrogens with one attached hydrogen (secondary N) is 1. The van der Waals surface area contributed by atoms with Crippen LogP contribution in [0.15, 0.2) is 0 Å². The predicted molar refractivity (Wildman–Crippen MR) is 46.4 cm³/mol. The van der Waals surface area contributed by atoms with Crippen molar-refractivity contribution in [1.29, 1.82) is 0 Å². The first kappa shape index (κ1) is 10.5. The van der Waals surface area contributed by atoms with Crippen LogP contribution in [-0.4, -0.2) is 47.4 Å². The van der Waals surface area contributed by atoms with Crippen LogP contribution in [0.4, 0.5) is 0 Å². The number of nitrogens with zero attached hydrogens (tertiary/aromatic N) is 1. The van der Waals surface area contributed by atoms with Gasteiger partial charge in [0.15, 0.2) is 0 Å². The largest absolute Gasteiger partial charge is 0.480 e. The number of carboxylic acids is 1. The Morgan fingerprint density at radius 3 is 2.57 bits per heavy atom. The van der Waals surface area contributed by atoms with Gasteiger partial charge in [-0.05, 0) is 12.8 Å². The van der Waals surface area contributed by atoms with Gasteiger partial charge in [-0.15, -0.1) is 0 Å². The summed E-state index contributed by atoms with van der Waals surface area (Å²) in [5, 5.41) is 10.9. The van der Waals surface area contributed by atoms with Crippen molar-refractivity contribution in [2.24, 2.45) is 0 Å². The maximum Gasteiger partial charge on any atom is 0.326 e. The first-order valence-corrected chi connectivity index (χ1v) is 4.33. The Morgan fingerprint density at radius 1 is 1.43 bits per heavy atom. The molecule has 1 saturated heterocycles. The minimum absolute atomic E-state index is 0.337. The van der Waals surface area contributed by atoms with Crippen LogP contribution in [0.25, 0.3) is 0 Å². The molecule has 0 spiro atoms. The summed E-state index contributed by atoms with van der Waals surface area (Å²) in [5.74, 6) is -2.59. The summed E-state index contributed by atoms with van der Waals surface area (Å²) in [6, 6.07) is -0.847. The van der Waals surface area contributed by atoms with Crippen LogP contribution in [0.5, 0.6) is 0 Å². The molecular weight excluding hydrogens is 188 g/mol. The molecule has 0 aromatic heterocycles. The number of rotatable bonds is 1. The van der Waals surface area contributed by atoms with Crippen LogP contribution in [0.3, 0.4) is 0 Å². The minimum Gasteiger partial charge on any atom is -0.480 e. The summed E-state index contributed by atoms with van der Waals surface area (Å²) >= 11 is 0. The Bertz CT molecular complexity index is 277. The standard InChI is InChI=1S/C8H12N2O4/c1-9-6(11)7(12)10-4-2-3-5(10)8(13)14/h5H,2-4H2,1H3,(H,9,11)(H,13,14). The second kappa shape index (κ2) is 4.08. The van der Waals surface area contributed by atoms with Crippen LogP contribution in [-0.2, 0) is 14.4 Å². The summed E-state index contributed by atoms with van der Waals surface area (Å²) < 4.78 is 0. The van der Waals surface area contributed by atoms with Gasteiger partial charge in [0.25, 0.3) is 0 Å². The quantitative estimate of drug-likeness (QED) is 0.521. The van der Waals surface area contributed by atoms with Crippen molar-refractivity contribution in [3.05, 3.63) is 0 Å². The van der Waals surface area contributed by atoms with Gasteiger partial charge >= 0.3 is 17.8 Å². The van der Waals surface area contributed by atoms with Gasteiger partial charge in [0.05, 0.1) is 0 Å². The second-order valence-corrected chi connectivity index (χ2v) is 3.07. The third kappa shape index (κ3) is 1.84. The van der Waals surface area contributed by atoms with Crippen molar-refractivity contribution in [3.8, 4) is 0 Å². The molecular formula is C8H12N2O4. The lowest BCUT2D eigenvalue weighted by molar-refractivity contribution is -0.152. The molecule has 0 aliphatic carbocycles. The van der Waals surface area contributed by atoms with Gasteiger partial charge in [-0.3, -0.25) is 9.59 Å². The SMILES string of the molecule is CNC(=O)C(=O)N1CCCC1C(=O)O. The fourth-order valence-electron chi connectivity index (χ4n) is 1.50. The summed E-state index contributed by atoms with van der Waals surface area (Å²) in [7, 11) is 1.34. The van der Waals surface area contributed by atoms with Gasteiger partial charge in [-0.1, -0.05) is 0 Å². The van der Waals surface area contributed by atoms with Crippen molar-refractivity contribution in [3.63, 3.8) is 0 Å². The number of likely N-dealkylation sites (N-methyl/N-ethyl adjacent to an activating group) is 1. The highest BCUT2D eigenvalue weighted by atomic mass is 16.4. The molecule has 1 fully saturated rings. The number of carbonyl (C=O) groups is 3. The number of hydrogen-bond acceptors (Lipinski definition) is 3. The highest BCUT2D eigenvalue weighted by Crippen LogP contribution is 2.17. The van der Waals surface area contributed by atoms with Crippen LogP contribution in [0.2, 0.25) is 0 Å². The summed E-state index contributed by atoms with van der Waals surface area (Å²) in [5.41, 5.74) is 0. The highest BCUT2D eigenvalue weighted by molar-refractivity contribution is 6.35. The first-order chi connectivity index (χ1) is 6.57. The second-order valence-electron chi connectivity index (χ2n) is 3.07. The maximum atomic E-state index is 11.3. The molecule has 0 radical (unpaired) electrons. The Kier molecular flexibility index (Phi) is 3.06. The van der Waals surface area contributed by atoms with E-state index < -0.39 is 23.8 Å². The zero-order valence-corrected chi connectivity index (χ0v) is 7.82. The number of likely N-dealkylation sites (tertiary alicyclic amines) is 1. The lowest BCUT2D eigenvalue weighted by Crippen LogP contribution is -2.46. The van der Waals surface area contributed by atoms with Crippen LogP contribution in [0.1, 0.15) is 12.8 Å². The minimum atomic E-state index is -1.06. The van der Waals surface area contributed by atoms with E-state index in [0.29, 0.717) is 19.4 Å². The van der Waals surface area contributed by atoms with Crippen LogP contribution in [0, 0.1) is 0 Å². The van der Waals surface area contributed by atoms with E-state index in [0.717, 1.165) is 4.90 Å². The molecule has 0 bridgehead atoms.